The zero-order chi connectivity index (χ0) is 24.0. The van der Waals surface area contributed by atoms with E-state index in [0.717, 1.165) is 42.4 Å². The van der Waals surface area contributed by atoms with Crippen LogP contribution in [0.15, 0.2) is 35.1 Å². The predicted octanol–water partition coefficient (Wildman–Crippen LogP) is 6.09. The van der Waals surface area contributed by atoms with Crippen molar-refractivity contribution < 1.29 is 13.5 Å². The van der Waals surface area contributed by atoms with E-state index in [1.165, 1.54) is 12.1 Å². The number of benzene rings is 1. The molecule has 1 unspecified atom stereocenters. The van der Waals surface area contributed by atoms with Crippen LogP contribution in [-0.4, -0.2) is 27.9 Å². The Bertz CT molecular complexity index is 1360. The molecule has 0 saturated carbocycles. The van der Waals surface area contributed by atoms with Crippen LogP contribution >= 0.6 is 23.2 Å². The fourth-order valence-corrected chi connectivity index (χ4v) is 5.20. The molecule has 1 atom stereocenters. The summed E-state index contributed by atoms with van der Waals surface area (Å²) in [4.78, 5) is 4.33. The van der Waals surface area contributed by atoms with Gasteiger partial charge >= 0.3 is 0 Å². The van der Waals surface area contributed by atoms with E-state index >= 15 is 0 Å². The van der Waals surface area contributed by atoms with Crippen LogP contribution in [0.5, 0.6) is 5.75 Å². The standard InChI is InChI=1S/C24H24Cl2FN5O2/c1-12-19(14-9-31-32(11-14)15-5-7-29-8-6-15)16-10-30-24(28)23(22(16)33-12)34-13(2)20-17(25)3-4-18(27)21(20)26/h3-4,9-11,13,15,29H,5-8H2,1-2H3,(H2,28,30). The van der Waals surface area contributed by atoms with Crippen molar-refractivity contribution >= 4 is 40.0 Å². The van der Waals surface area contributed by atoms with Crippen LogP contribution < -0.4 is 15.8 Å². The summed E-state index contributed by atoms with van der Waals surface area (Å²) < 4.78 is 28.3. The molecule has 178 valence electrons. The Morgan fingerprint density at radius 2 is 2.03 bits per heavy atom. The highest BCUT2D eigenvalue weighted by Gasteiger charge is 2.25. The fraction of sp³-hybridized carbons (Fsp3) is 0.333. The van der Waals surface area contributed by atoms with Crippen molar-refractivity contribution in [2.45, 2.75) is 38.8 Å². The van der Waals surface area contributed by atoms with E-state index in [-0.39, 0.29) is 16.6 Å². The molecule has 1 saturated heterocycles. The molecule has 0 bridgehead atoms. The summed E-state index contributed by atoms with van der Waals surface area (Å²) >= 11 is 12.5. The number of hydrogen-bond acceptors (Lipinski definition) is 6. The van der Waals surface area contributed by atoms with Gasteiger partial charge in [-0.05, 0) is 51.9 Å². The molecular weight excluding hydrogens is 480 g/mol. The van der Waals surface area contributed by atoms with Gasteiger partial charge in [0.05, 0.1) is 22.6 Å². The first kappa shape index (κ1) is 23.0. The number of furan rings is 1. The summed E-state index contributed by atoms with van der Waals surface area (Å²) in [5, 5.41) is 8.92. The largest absolute Gasteiger partial charge is 0.478 e. The molecule has 4 aromatic rings. The topological polar surface area (TPSA) is 91.1 Å². The number of piperidine rings is 1. The predicted molar refractivity (Wildman–Crippen MR) is 131 cm³/mol. The van der Waals surface area contributed by atoms with Gasteiger partial charge in [0, 0.05) is 34.1 Å². The van der Waals surface area contributed by atoms with E-state index in [0.29, 0.717) is 28.0 Å². The molecule has 1 fully saturated rings. The average Bonchev–Trinajstić information content (AvgIpc) is 3.43. The Balaban J connectivity index is 1.53. The van der Waals surface area contributed by atoms with Crippen molar-refractivity contribution in [2.75, 3.05) is 18.8 Å². The second kappa shape index (κ2) is 9.09. The summed E-state index contributed by atoms with van der Waals surface area (Å²) in [5.74, 6) is 0.504. The molecule has 1 aliphatic rings. The zero-order valence-electron chi connectivity index (χ0n) is 18.7. The molecule has 5 rings (SSSR count). The average molecular weight is 504 g/mol. The van der Waals surface area contributed by atoms with Crippen molar-refractivity contribution in [3.63, 3.8) is 0 Å². The third-order valence-corrected chi connectivity index (χ3v) is 6.96. The molecule has 0 aliphatic carbocycles. The molecule has 7 nitrogen and oxygen atoms in total. The van der Waals surface area contributed by atoms with Gasteiger partial charge in [0.2, 0.25) is 5.75 Å². The zero-order valence-corrected chi connectivity index (χ0v) is 20.3. The lowest BCUT2D eigenvalue weighted by molar-refractivity contribution is 0.227. The van der Waals surface area contributed by atoms with Crippen LogP contribution in [0.2, 0.25) is 10.0 Å². The number of aryl methyl sites for hydroxylation is 1. The lowest BCUT2D eigenvalue weighted by Gasteiger charge is -2.22. The Labute approximate surface area is 206 Å². The summed E-state index contributed by atoms with van der Waals surface area (Å²) in [6, 6.07) is 3.02. The number of anilines is 1. The van der Waals surface area contributed by atoms with Crippen molar-refractivity contribution in [3.05, 3.63) is 57.9 Å². The van der Waals surface area contributed by atoms with E-state index in [1.807, 2.05) is 24.0 Å². The number of nitrogens with one attached hydrogen (secondary N) is 1. The monoisotopic (exact) mass is 503 g/mol. The SMILES string of the molecule is Cc1oc2c(OC(C)c3c(Cl)ccc(F)c3Cl)c(N)ncc2c1-c1cnn(C2CCNCC2)c1. The van der Waals surface area contributed by atoms with Crippen LogP contribution in [0.3, 0.4) is 0 Å². The number of nitrogen functional groups attached to an aromatic ring is 1. The van der Waals surface area contributed by atoms with Crippen LogP contribution in [0.25, 0.3) is 22.1 Å². The van der Waals surface area contributed by atoms with Crippen LogP contribution in [0, 0.1) is 12.7 Å². The van der Waals surface area contributed by atoms with Crippen LogP contribution in [0.4, 0.5) is 10.2 Å². The van der Waals surface area contributed by atoms with Gasteiger partial charge in [0.25, 0.3) is 0 Å². The molecule has 34 heavy (non-hydrogen) atoms. The van der Waals surface area contributed by atoms with Gasteiger partial charge in [-0.25, -0.2) is 9.37 Å². The number of hydrogen-bond donors (Lipinski definition) is 2. The number of ether oxygens (including phenoxy) is 1. The molecule has 0 radical (unpaired) electrons. The summed E-state index contributed by atoms with van der Waals surface area (Å²) in [6.45, 7) is 5.55. The van der Waals surface area contributed by atoms with E-state index in [2.05, 4.69) is 15.4 Å². The summed E-state index contributed by atoms with van der Waals surface area (Å²) in [6.07, 6.45) is 6.90. The number of rotatable bonds is 5. The smallest absolute Gasteiger partial charge is 0.205 e. The number of fused-ring (bicyclic) bond motifs is 1. The van der Waals surface area contributed by atoms with Crippen molar-refractivity contribution in [1.29, 1.82) is 0 Å². The highest BCUT2D eigenvalue weighted by Crippen LogP contribution is 2.43. The second-order valence-corrected chi connectivity index (χ2v) is 9.24. The number of nitrogens with zero attached hydrogens (tertiary/aromatic N) is 3. The van der Waals surface area contributed by atoms with Gasteiger partial charge in [0.15, 0.2) is 11.4 Å². The Kier molecular flexibility index (Phi) is 6.14. The van der Waals surface area contributed by atoms with E-state index in [1.54, 1.807) is 13.1 Å². The minimum absolute atomic E-state index is 0.0969. The summed E-state index contributed by atoms with van der Waals surface area (Å²) in [7, 11) is 0. The second-order valence-electron chi connectivity index (χ2n) is 8.46. The molecule has 3 aromatic heterocycles. The van der Waals surface area contributed by atoms with E-state index < -0.39 is 11.9 Å². The first-order valence-corrected chi connectivity index (χ1v) is 11.8. The van der Waals surface area contributed by atoms with Crippen LogP contribution in [-0.2, 0) is 0 Å². The van der Waals surface area contributed by atoms with Gasteiger partial charge in [-0.1, -0.05) is 23.2 Å². The summed E-state index contributed by atoms with van der Waals surface area (Å²) in [5.41, 5.74) is 8.74. The van der Waals surface area contributed by atoms with Gasteiger partial charge in [-0.2, -0.15) is 5.10 Å². The van der Waals surface area contributed by atoms with Crippen LogP contribution in [0.1, 0.15) is 43.2 Å². The molecule has 4 heterocycles. The first-order chi connectivity index (χ1) is 16.3. The molecule has 0 amide bonds. The quantitative estimate of drug-likeness (QED) is 0.320. The molecule has 10 heteroatoms. The van der Waals surface area contributed by atoms with E-state index in [9.17, 15) is 4.39 Å². The lowest BCUT2D eigenvalue weighted by Crippen LogP contribution is -2.29. The minimum Gasteiger partial charge on any atom is -0.478 e. The molecule has 1 aliphatic heterocycles. The third-order valence-electron chi connectivity index (χ3n) is 6.25. The molecule has 3 N–H and O–H groups in total. The lowest BCUT2D eigenvalue weighted by atomic mass is 10.1. The highest BCUT2D eigenvalue weighted by atomic mass is 35.5. The number of aromatic nitrogens is 3. The van der Waals surface area contributed by atoms with Crippen molar-refractivity contribution in [1.82, 2.24) is 20.1 Å². The van der Waals surface area contributed by atoms with Crippen molar-refractivity contribution in [3.8, 4) is 16.9 Å². The maximum atomic E-state index is 14.1. The molecule has 1 aromatic carbocycles. The van der Waals surface area contributed by atoms with Gasteiger partial charge in [-0.15, -0.1) is 0 Å². The Morgan fingerprint density at radius 1 is 1.26 bits per heavy atom. The van der Waals surface area contributed by atoms with E-state index in [4.69, 9.17) is 38.1 Å². The number of halogens is 3. The van der Waals surface area contributed by atoms with Crippen molar-refractivity contribution in [2.24, 2.45) is 0 Å². The Hall–Kier alpha value is -2.81. The Morgan fingerprint density at radius 3 is 2.79 bits per heavy atom. The maximum Gasteiger partial charge on any atom is 0.205 e. The van der Waals surface area contributed by atoms with Gasteiger partial charge in [0.1, 0.15) is 17.7 Å². The third kappa shape index (κ3) is 4.00. The first-order valence-electron chi connectivity index (χ1n) is 11.1. The highest BCUT2D eigenvalue weighted by molar-refractivity contribution is 6.36. The molecular formula is C24H24Cl2FN5O2. The number of pyridine rings is 1. The molecule has 0 spiro atoms. The number of nitrogens with two attached hydrogens (primary N) is 1. The minimum atomic E-state index is -0.707. The van der Waals surface area contributed by atoms with Gasteiger partial charge in [-0.3, -0.25) is 4.68 Å². The normalized spacial score (nSPS) is 15.7. The van der Waals surface area contributed by atoms with Gasteiger partial charge < -0.3 is 20.2 Å². The fourth-order valence-electron chi connectivity index (χ4n) is 4.52. The maximum absolute atomic E-state index is 14.1.